The quantitative estimate of drug-likeness (QED) is 0.206. The highest BCUT2D eigenvalue weighted by molar-refractivity contribution is 8.01. The van der Waals surface area contributed by atoms with E-state index in [1.807, 2.05) is 41.3 Å². The van der Waals surface area contributed by atoms with E-state index in [0.29, 0.717) is 12.5 Å². The first-order valence-corrected chi connectivity index (χ1v) is 13.6. The van der Waals surface area contributed by atoms with Gasteiger partial charge in [0, 0.05) is 23.7 Å². The monoisotopic (exact) mass is 498 g/mol. The third-order valence-corrected chi connectivity index (χ3v) is 7.28. The largest absolute Gasteiger partial charge is 0.480 e. The van der Waals surface area contributed by atoms with Crippen molar-refractivity contribution in [1.29, 1.82) is 0 Å². The van der Waals surface area contributed by atoms with E-state index in [1.54, 1.807) is 13.8 Å². The van der Waals surface area contributed by atoms with Crippen LogP contribution in [0.1, 0.15) is 83.8 Å². The molecule has 0 aromatic heterocycles. The summed E-state index contributed by atoms with van der Waals surface area (Å²) in [5, 5.41) is 12.5. The number of thioether (sulfide) groups is 1. The van der Waals surface area contributed by atoms with Crippen LogP contribution in [0.2, 0.25) is 0 Å². The van der Waals surface area contributed by atoms with Gasteiger partial charge in [0.2, 0.25) is 0 Å². The maximum atomic E-state index is 13.1. The lowest BCUT2D eigenvalue weighted by Gasteiger charge is -2.24. The van der Waals surface area contributed by atoms with E-state index in [0.717, 1.165) is 42.0 Å². The summed E-state index contributed by atoms with van der Waals surface area (Å²) in [6, 6.07) is 16.0. The summed E-state index contributed by atoms with van der Waals surface area (Å²) in [6.45, 7) is 11.3. The van der Waals surface area contributed by atoms with E-state index in [-0.39, 0.29) is 6.03 Å². The van der Waals surface area contributed by atoms with E-state index in [9.17, 15) is 14.7 Å². The Kier molecular flexibility index (Phi) is 11.7. The lowest BCUT2D eigenvalue weighted by atomic mass is 10.0. The molecule has 0 atom stereocenters. The molecule has 0 radical (unpaired) electrons. The number of carboxylic acid groups (broad SMARTS) is 1. The molecule has 5 nitrogen and oxygen atoms in total. The van der Waals surface area contributed by atoms with Crippen molar-refractivity contribution in [2.45, 2.75) is 88.7 Å². The Morgan fingerprint density at radius 1 is 1.00 bits per heavy atom. The third kappa shape index (κ3) is 9.96. The van der Waals surface area contributed by atoms with Crippen LogP contribution in [0.4, 0.5) is 10.5 Å². The number of benzene rings is 2. The highest BCUT2D eigenvalue weighted by Gasteiger charge is 2.28. The van der Waals surface area contributed by atoms with Gasteiger partial charge in [-0.2, -0.15) is 0 Å². The fourth-order valence-corrected chi connectivity index (χ4v) is 4.78. The number of urea groups is 1. The van der Waals surface area contributed by atoms with Gasteiger partial charge >= 0.3 is 12.0 Å². The Hall–Kier alpha value is -2.47. The fraction of sp³-hybridized carbons (Fsp3) is 0.517. The number of nitrogens with one attached hydrogen (secondary N) is 1. The highest BCUT2D eigenvalue weighted by atomic mass is 32.2. The van der Waals surface area contributed by atoms with Crippen molar-refractivity contribution in [3.8, 4) is 0 Å². The average molecular weight is 499 g/mol. The summed E-state index contributed by atoms with van der Waals surface area (Å²) >= 11 is 1.34. The number of amides is 2. The summed E-state index contributed by atoms with van der Waals surface area (Å²) in [7, 11) is 0. The number of carbonyl (C=O) groups is 2. The normalized spacial score (nSPS) is 11.5. The first kappa shape index (κ1) is 28.8. The van der Waals surface area contributed by atoms with Crippen LogP contribution in [0, 0.1) is 0 Å². The molecule has 2 aromatic carbocycles. The number of aliphatic carboxylic acids is 1. The van der Waals surface area contributed by atoms with Gasteiger partial charge in [0.25, 0.3) is 0 Å². The number of anilines is 1. The number of nitrogens with zero attached hydrogens (tertiary/aromatic N) is 1. The molecule has 0 aliphatic rings. The second-order valence-corrected chi connectivity index (χ2v) is 11.6. The van der Waals surface area contributed by atoms with Gasteiger partial charge in [0.15, 0.2) is 0 Å². The van der Waals surface area contributed by atoms with E-state index >= 15 is 0 Å². The van der Waals surface area contributed by atoms with E-state index in [2.05, 4.69) is 38.2 Å². The molecule has 0 aliphatic carbocycles. The molecule has 192 valence electrons. The van der Waals surface area contributed by atoms with Crippen LogP contribution in [-0.2, 0) is 11.2 Å². The second kappa shape index (κ2) is 14.2. The minimum Gasteiger partial charge on any atom is -0.480 e. The van der Waals surface area contributed by atoms with Gasteiger partial charge in [-0.25, -0.2) is 4.79 Å². The van der Waals surface area contributed by atoms with Crippen molar-refractivity contribution in [2.24, 2.45) is 0 Å². The van der Waals surface area contributed by atoms with Crippen LogP contribution in [0.15, 0.2) is 53.4 Å². The molecular weight excluding hydrogens is 456 g/mol. The summed E-state index contributed by atoms with van der Waals surface area (Å²) in [6.07, 6.45) is 6.45. The number of carbonyl (C=O) groups excluding carboxylic acids is 1. The van der Waals surface area contributed by atoms with Crippen molar-refractivity contribution in [1.82, 2.24) is 4.90 Å². The van der Waals surface area contributed by atoms with Gasteiger partial charge in [-0.1, -0.05) is 70.7 Å². The number of hydrogen-bond donors (Lipinski definition) is 2. The van der Waals surface area contributed by atoms with Crippen molar-refractivity contribution in [2.75, 3.05) is 18.4 Å². The lowest BCUT2D eigenvalue weighted by molar-refractivity contribution is -0.138. The van der Waals surface area contributed by atoms with Gasteiger partial charge in [-0.3, -0.25) is 4.79 Å². The van der Waals surface area contributed by atoms with Crippen LogP contribution in [-0.4, -0.2) is 39.8 Å². The zero-order chi connectivity index (χ0) is 25.8. The van der Waals surface area contributed by atoms with E-state index < -0.39 is 10.7 Å². The summed E-state index contributed by atoms with van der Waals surface area (Å²) in [4.78, 5) is 27.5. The van der Waals surface area contributed by atoms with Crippen LogP contribution in [0.3, 0.4) is 0 Å². The summed E-state index contributed by atoms with van der Waals surface area (Å²) in [5.41, 5.74) is 3.16. The molecule has 0 unspecified atom stereocenters. The predicted octanol–water partition coefficient (Wildman–Crippen LogP) is 7.81. The molecule has 2 rings (SSSR count). The minimum atomic E-state index is -0.895. The Morgan fingerprint density at radius 2 is 1.69 bits per heavy atom. The molecule has 0 spiro atoms. The maximum absolute atomic E-state index is 13.1. The fourth-order valence-electron chi connectivity index (χ4n) is 3.74. The Bertz CT molecular complexity index is 941. The number of carboxylic acids is 1. The molecule has 0 heterocycles. The van der Waals surface area contributed by atoms with Gasteiger partial charge in [0.1, 0.15) is 4.75 Å². The molecule has 0 saturated heterocycles. The number of rotatable bonds is 14. The Labute approximate surface area is 215 Å². The smallest absolute Gasteiger partial charge is 0.321 e. The van der Waals surface area contributed by atoms with E-state index in [4.69, 9.17) is 0 Å². The maximum Gasteiger partial charge on any atom is 0.321 e. The third-order valence-electron chi connectivity index (χ3n) is 6.10. The molecule has 2 amide bonds. The second-order valence-electron chi connectivity index (χ2n) is 9.92. The summed E-state index contributed by atoms with van der Waals surface area (Å²) < 4.78 is -0.895. The molecule has 35 heavy (non-hydrogen) atoms. The van der Waals surface area contributed by atoms with Crippen molar-refractivity contribution < 1.29 is 14.7 Å². The SMILES string of the molecule is CCCCCCCN(CCc1cccc(SC(C)(C)C(=O)O)c1)C(=O)Nc1ccc(C(C)C)cc1. The number of hydrogen-bond acceptors (Lipinski definition) is 3. The first-order chi connectivity index (χ1) is 16.6. The standard InChI is InChI=1S/C29H42N2O3S/c1-6-7-8-9-10-19-31(28(34)30-25-16-14-24(15-17-25)22(2)3)20-18-23-12-11-13-26(21-23)35-29(4,5)27(32)33/h11-17,21-22H,6-10,18-20H2,1-5H3,(H,30,34)(H,32,33). The molecule has 0 bridgehead atoms. The number of unbranched alkanes of at least 4 members (excludes halogenated alkanes) is 4. The van der Waals surface area contributed by atoms with Crippen LogP contribution < -0.4 is 5.32 Å². The minimum absolute atomic E-state index is 0.0738. The molecular formula is C29H42N2O3S. The molecule has 0 aliphatic heterocycles. The first-order valence-electron chi connectivity index (χ1n) is 12.8. The summed E-state index contributed by atoms with van der Waals surface area (Å²) in [5.74, 6) is -0.380. The zero-order valence-electron chi connectivity index (χ0n) is 22.0. The topological polar surface area (TPSA) is 69.6 Å². The Morgan fingerprint density at radius 3 is 2.31 bits per heavy atom. The average Bonchev–Trinajstić information content (AvgIpc) is 2.81. The van der Waals surface area contributed by atoms with Gasteiger partial charge in [0.05, 0.1) is 0 Å². The molecule has 6 heteroatoms. The van der Waals surface area contributed by atoms with Crippen LogP contribution >= 0.6 is 11.8 Å². The van der Waals surface area contributed by atoms with Crippen LogP contribution in [0.25, 0.3) is 0 Å². The van der Waals surface area contributed by atoms with Gasteiger partial charge in [-0.05, 0) is 68.0 Å². The lowest BCUT2D eigenvalue weighted by Crippen LogP contribution is -2.37. The zero-order valence-corrected chi connectivity index (χ0v) is 22.8. The van der Waals surface area contributed by atoms with Crippen molar-refractivity contribution in [3.05, 3.63) is 59.7 Å². The Balaban J connectivity index is 2.04. The van der Waals surface area contributed by atoms with Gasteiger partial charge in [-0.15, -0.1) is 11.8 Å². The predicted molar refractivity (Wildman–Crippen MR) is 148 cm³/mol. The molecule has 2 N–H and O–H groups in total. The molecule has 0 fully saturated rings. The highest BCUT2D eigenvalue weighted by Crippen LogP contribution is 2.33. The molecule has 2 aromatic rings. The van der Waals surface area contributed by atoms with Crippen molar-refractivity contribution in [3.63, 3.8) is 0 Å². The van der Waals surface area contributed by atoms with E-state index in [1.165, 1.54) is 36.6 Å². The van der Waals surface area contributed by atoms with Crippen molar-refractivity contribution >= 4 is 29.4 Å². The van der Waals surface area contributed by atoms with Gasteiger partial charge < -0.3 is 15.3 Å². The van der Waals surface area contributed by atoms with Crippen LogP contribution in [0.5, 0.6) is 0 Å². The molecule has 0 saturated carbocycles.